The lowest BCUT2D eigenvalue weighted by atomic mass is 10.2. The maximum Gasteiger partial charge on any atom is 0.239 e. The van der Waals surface area contributed by atoms with Crippen LogP contribution in [0.25, 0.3) is 0 Å². The van der Waals surface area contributed by atoms with Crippen molar-refractivity contribution in [3.8, 4) is 0 Å². The molecule has 1 saturated heterocycles. The lowest BCUT2D eigenvalue weighted by Crippen LogP contribution is -2.41. The van der Waals surface area contributed by atoms with Gasteiger partial charge in [0.05, 0.1) is 25.4 Å². The number of nitrogens with one attached hydrogen (secondary N) is 1. The van der Waals surface area contributed by atoms with E-state index in [0.29, 0.717) is 18.2 Å². The summed E-state index contributed by atoms with van der Waals surface area (Å²) in [4.78, 5) is 13.4. The number of amides is 1. The van der Waals surface area contributed by atoms with E-state index in [1.165, 1.54) is 0 Å². The molecule has 21 heavy (non-hydrogen) atoms. The molecule has 0 radical (unpaired) electrons. The Morgan fingerprint density at radius 2 is 2.19 bits per heavy atom. The van der Waals surface area contributed by atoms with Crippen LogP contribution >= 0.6 is 11.6 Å². The zero-order valence-corrected chi connectivity index (χ0v) is 12.8. The Morgan fingerprint density at radius 3 is 2.81 bits per heavy atom. The number of likely N-dealkylation sites (N-methyl/N-ethyl adjacent to an activating group) is 1. The number of nitrogens with zero attached hydrogens (tertiary/aromatic N) is 1. The number of halogens is 1. The Labute approximate surface area is 129 Å². The zero-order chi connectivity index (χ0) is 15.2. The number of rotatable bonds is 7. The molecule has 116 valence electrons. The summed E-state index contributed by atoms with van der Waals surface area (Å²) in [6.45, 7) is 1.77. The van der Waals surface area contributed by atoms with E-state index in [4.69, 9.17) is 16.3 Å². The predicted octanol–water partition coefficient (Wildman–Crippen LogP) is 1.04. The monoisotopic (exact) mass is 312 g/mol. The molecule has 1 aromatic carbocycles. The van der Waals surface area contributed by atoms with Crippen LogP contribution in [0.1, 0.15) is 12.0 Å². The van der Waals surface area contributed by atoms with Gasteiger partial charge in [-0.3, -0.25) is 4.79 Å². The molecule has 1 aromatic rings. The van der Waals surface area contributed by atoms with Gasteiger partial charge in [-0.25, -0.2) is 0 Å². The van der Waals surface area contributed by atoms with Crippen LogP contribution in [-0.4, -0.2) is 54.8 Å². The van der Waals surface area contributed by atoms with Crippen LogP contribution in [0.3, 0.4) is 0 Å². The van der Waals surface area contributed by atoms with Gasteiger partial charge >= 0.3 is 0 Å². The highest BCUT2D eigenvalue weighted by Gasteiger charge is 2.28. The molecule has 1 aliphatic rings. The molecular formula is C15H21ClN2O3. The summed E-state index contributed by atoms with van der Waals surface area (Å²) in [6.07, 6.45) is 0.157. The third-order valence-electron chi connectivity index (χ3n) is 3.52. The molecule has 2 N–H and O–H groups in total. The topological polar surface area (TPSA) is 61.8 Å². The van der Waals surface area contributed by atoms with E-state index in [0.717, 1.165) is 18.5 Å². The standard InChI is InChI=1S/C15H21ClN2O3/c1-18-7-6-14(15(18)20)17-8-13(19)10-21-9-11-2-4-12(16)5-3-11/h2-5,13-14,17,19H,6-10H2,1H3. The van der Waals surface area contributed by atoms with E-state index in [2.05, 4.69) is 5.32 Å². The average Bonchev–Trinajstić information content (AvgIpc) is 2.79. The van der Waals surface area contributed by atoms with Gasteiger partial charge < -0.3 is 20.1 Å². The fraction of sp³-hybridized carbons (Fsp3) is 0.533. The molecule has 2 rings (SSSR count). The summed E-state index contributed by atoms with van der Waals surface area (Å²) < 4.78 is 5.46. The summed E-state index contributed by atoms with van der Waals surface area (Å²) in [5, 5.41) is 13.6. The van der Waals surface area contributed by atoms with Crippen LogP contribution in [0.15, 0.2) is 24.3 Å². The van der Waals surface area contributed by atoms with Crippen molar-refractivity contribution in [1.29, 1.82) is 0 Å². The van der Waals surface area contributed by atoms with Crippen LogP contribution < -0.4 is 5.32 Å². The minimum atomic E-state index is -0.629. The molecule has 0 aromatic heterocycles. The highest BCUT2D eigenvalue weighted by molar-refractivity contribution is 6.30. The van der Waals surface area contributed by atoms with Crippen molar-refractivity contribution in [2.75, 3.05) is 26.7 Å². The maximum absolute atomic E-state index is 11.7. The molecule has 1 amide bonds. The first-order valence-corrected chi connectivity index (χ1v) is 7.42. The number of aliphatic hydroxyl groups excluding tert-OH is 1. The highest BCUT2D eigenvalue weighted by atomic mass is 35.5. The number of benzene rings is 1. The largest absolute Gasteiger partial charge is 0.389 e. The van der Waals surface area contributed by atoms with Gasteiger partial charge in [0, 0.05) is 25.2 Å². The van der Waals surface area contributed by atoms with Crippen LogP contribution in [0.5, 0.6) is 0 Å². The molecule has 0 aliphatic carbocycles. The summed E-state index contributed by atoms with van der Waals surface area (Å²) in [5.74, 6) is 0.0873. The van der Waals surface area contributed by atoms with Gasteiger partial charge in [0.15, 0.2) is 0 Å². The Bertz CT molecular complexity index is 466. The molecular weight excluding hydrogens is 292 g/mol. The first kappa shape index (κ1) is 16.2. The van der Waals surface area contributed by atoms with E-state index in [9.17, 15) is 9.90 Å². The van der Waals surface area contributed by atoms with Crippen molar-refractivity contribution in [2.45, 2.75) is 25.2 Å². The molecule has 2 atom stereocenters. The Morgan fingerprint density at radius 1 is 1.48 bits per heavy atom. The first-order chi connectivity index (χ1) is 10.1. The minimum Gasteiger partial charge on any atom is -0.389 e. The molecule has 1 aliphatic heterocycles. The summed E-state index contributed by atoms with van der Waals surface area (Å²) >= 11 is 5.80. The summed E-state index contributed by atoms with van der Waals surface area (Å²) in [7, 11) is 1.79. The normalized spacial score (nSPS) is 20.0. The minimum absolute atomic E-state index is 0.0873. The zero-order valence-electron chi connectivity index (χ0n) is 12.1. The molecule has 5 nitrogen and oxygen atoms in total. The van der Waals surface area contributed by atoms with Crippen LogP contribution in [0.2, 0.25) is 5.02 Å². The first-order valence-electron chi connectivity index (χ1n) is 7.05. The Hall–Kier alpha value is -1.14. The van der Waals surface area contributed by atoms with E-state index in [1.807, 2.05) is 12.1 Å². The van der Waals surface area contributed by atoms with Crippen LogP contribution in [-0.2, 0) is 16.1 Å². The van der Waals surface area contributed by atoms with Crippen molar-refractivity contribution in [2.24, 2.45) is 0 Å². The SMILES string of the molecule is CN1CCC(NCC(O)COCc2ccc(Cl)cc2)C1=O. The van der Waals surface area contributed by atoms with E-state index < -0.39 is 6.10 Å². The second-order valence-corrected chi connectivity index (χ2v) is 5.74. The van der Waals surface area contributed by atoms with Crippen LogP contribution in [0, 0.1) is 0 Å². The second kappa shape index (κ2) is 7.75. The smallest absolute Gasteiger partial charge is 0.239 e. The number of carbonyl (C=O) groups excluding carboxylic acids is 1. The summed E-state index contributed by atoms with van der Waals surface area (Å²) in [6, 6.07) is 7.21. The Kier molecular flexibility index (Phi) is 5.99. The number of likely N-dealkylation sites (tertiary alicyclic amines) is 1. The summed E-state index contributed by atoms with van der Waals surface area (Å²) in [5.41, 5.74) is 1.01. The number of hydrogen-bond donors (Lipinski definition) is 2. The van der Waals surface area contributed by atoms with Crippen molar-refractivity contribution < 1.29 is 14.6 Å². The second-order valence-electron chi connectivity index (χ2n) is 5.30. The molecule has 6 heteroatoms. The van der Waals surface area contributed by atoms with E-state index in [-0.39, 0.29) is 18.6 Å². The fourth-order valence-electron chi connectivity index (χ4n) is 2.24. The predicted molar refractivity (Wildman–Crippen MR) is 81.2 cm³/mol. The number of hydrogen-bond acceptors (Lipinski definition) is 4. The molecule has 0 spiro atoms. The number of ether oxygens (including phenoxy) is 1. The van der Waals surface area contributed by atoms with Gasteiger partial charge in [-0.1, -0.05) is 23.7 Å². The Balaban J connectivity index is 1.62. The van der Waals surface area contributed by atoms with Crippen molar-refractivity contribution in [1.82, 2.24) is 10.2 Å². The van der Waals surface area contributed by atoms with Gasteiger partial charge in [-0.05, 0) is 24.1 Å². The third-order valence-corrected chi connectivity index (χ3v) is 3.77. The lowest BCUT2D eigenvalue weighted by Gasteiger charge is -2.16. The van der Waals surface area contributed by atoms with Gasteiger partial charge in [-0.2, -0.15) is 0 Å². The number of aliphatic hydroxyl groups is 1. The van der Waals surface area contributed by atoms with Gasteiger partial charge in [0.2, 0.25) is 5.91 Å². The van der Waals surface area contributed by atoms with Gasteiger partial charge in [0.25, 0.3) is 0 Å². The quantitative estimate of drug-likeness (QED) is 0.790. The maximum atomic E-state index is 11.7. The third kappa shape index (κ3) is 4.97. The fourth-order valence-corrected chi connectivity index (χ4v) is 2.37. The van der Waals surface area contributed by atoms with Gasteiger partial charge in [-0.15, -0.1) is 0 Å². The van der Waals surface area contributed by atoms with E-state index in [1.54, 1.807) is 24.1 Å². The van der Waals surface area contributed by atoms with Crippen molar-refractivity contribution in [3.05, 3.63) is 34.9 Å². The van der Waals surface area contributed by atoms with Crippen LogP contribution in [0.4, 0.5) is 0 Å². The van der Waals surface area contributed by atoms with E-state index >= 15 is 0 Å². The molecule has 0 bridgehead atoms. The molecule has 2 unspecified atom stereocenters. The lowest BCUT2D eigenvalue weighted by molar-refractivity contribution is -0.128. The average molecular weight is 313 g/mol. The van der Waals surface area contributed by atoms with Gasteiger partial charge in [0.1, 0.15) is 0 Å². The molecule has 1 heterocycles. The van der Waals surface area contributed by atoms with Crippen molar-refractivity contribution >= 4 is 17.5 Å². The van der Waals surface area contributed by atoms with Crippen molar-refractivity contribution in [3.63, 3.8) is 0 Å². The molecule has 0 saturated carbocycles. The number of carbonyl (C=O) groups is 1. The molecule has 1 fully saturated rings. The highest BCUT2D eigenvalue weighted by Crippen LogP contribution is 2.10.